The van der Waals surface area contributed by atoms with Crippen LogP contribution in [-0.2, 0) is 11.2 Å². The van der Waals surface area contributed by atoms with Gasteiger partial charge in [-0.05, 0) is 33.1 Å². The van der Waals surface area contributed by atoms with Crippen molar-refractivity contribution in [2.45, 2.75) is 45.4 Å². The van der Waals surface area contributed by atoms with Crippen LogP contribution in [0.15, 0.2) is 39.4 Å². The maximum Gasteiger partial charge on any atom is 0.230 e. The molecule has 1 saturated heterocycles. The van der Waals surface area contributed by atoms with Crippen molar-refractivity contribution in [3.8, 4) is 11.4 Å². The average molecular weight is 380 g/mol. The van der Waals surface area contributed by atoms with Gasteiger partial charge in [0.2, 0.25) is 17.6 Å². The van der Waals surface area contributed by atoms with Crippen molar-refractivity contribution in [2.24, 2.45) is 0 Å². The molecule has 1 fully saturated rings. The third-order valence-corrected chi connectivity index (χ3v) is 5.44. The number of nitrogens with zero attached hydrogens (tertiary/aromatic N) is 4. The van der Waals surface area contributed by atoms with Crippen molar-refractivity contribution < 1.29 is 13.8 Å². The van der Waals surface area contributed by atoms with Crippen LogP contribution >= 0.6 is 0 Å². The van der Waals surface area contributed by atoms with Crippen LogP contribution in [0.2, 0.25) is 0 Å². The van der Waals surface area contributed by atoms with Gasteiger partial charge in [0.1, 0.15) is 5.76 Å². The molecule has 1 aliphatic heterocycles. The van der Waals surface area contributed by atoms with Gasteiger partial charge in [0, 0.05) is 36.6 Å². The fraction of sp³-hybridized carbons (Fsp3) is 0.429. The van der Waals surface area contributed by atoms with E-state index in [0.717, 1.165) is 35.4 Å². The second kappa shape index (κ2) is 7.96. The maximum atomic E-state index is 12.6. The number of aromatic nitrogens is 3. The SMILES string of the molecule is Cc1noc(C)c1CCC(=O)N1CCC(c2nc(-c3ccccc3)no2)CC1. The lowest BCUT2D eigenvalue weighted by Crippen LogP contribution is -2.38. The minimum Gasteiger partial charge on any atom is -0.361 e. The fourth-order valence-corrected chi connectivity index (χ4v) is 3.73. The number of hydrogen-bond donors (Lipinski definition) is 0. The monoisotopic (exact) mass is 380 g/mol. The van der Waals surface area contributed by atoms with Gasteiger partial charge in [0.15, 0.2) is 0 Å². The number of rotatable bonds is 5. The van der Waals surface area contributed by atoms with E-state index in [1.54, 1.807) is 0 Å². The third-order valence-electron chi connectivity index (χ3n) is 5.44. The van der Waals surface area contributed by atoms with E-state index in [1.807, 2.05) is 49.1 Å². The molecule has 0 spiro atoms. The first-order valence-corrected chi connectivity index (χ1v) is 9.70. The van der Waals surface area contributed by atoms with Crippen LogP contribution in [0.1, 0.15) is 48.1 Å². The van der Waals surface area contributed by atoms with Crippen LogP contribution in [0.4, 0.5) is 0 Å². The van der Waals surface area contributed by atoms with Crippen LogP contribution < -0.4 is 0 Å². The zero-order valence-electron chi connectivity index (χ0n) is 16.2. The normalized spacial score (nSPS) is 15.1. The van der Waals surface area contributed by atoms with Gasteiger partial charge in [-0.15, -0.1) is 0 Å². The summed E-state index contributed by atoms with van der Waals surface area (Å²) in [7, 11) is 0. The van der Waals surface area contributed by atoms with Gasteiger partial charge in [0.25, 0.3) is 0 Å². The summed E-state index contributed by atoms with van der Waals surface area (Å²) in [5.74, 6) is 2.47. The zero-order valence-corrected chi connectivity index (χ0v) is 16.2. The molecule has 1 aromatic carbocycles. The molecule has 0 radical (unpaired) electrons. The van der Waals surface area contributed by atoms with Gasteiger partial charge in [-0.2, -0.15) is 4.98 Å². The zero-order chi connectivity index (χ0) is 19.5. The van der Waals surface area contributed by atoms with Gasteiger partial charge in [0.05, 0.1) is 5.69 Å². The highest BCUT2D eigenvalue weighted by Gasteiger charge is 2.27. The van der Waals surface area contributed by atoms with Crippen LogP contribution in [0, 0.1) is 13.8 Å². The quantitative estimate of drug-likeness (QED) is 0.671. The lowest BCUT2D eigenvalue weighted by Gasteiger charge is -2.30. The van der Waals surface area contributed by atoms with Gasteiger partial charge in [-0.25, -0.2) is 0 Å². The smallest absolute Gasteiger partial charge is 0.230 e. The van der Waals surface area contributed by atoms with E-state index in [1.165, 1.54) is 0 Å². The van der Waals surface area contributed by atoms with Crippen molar-refractivity contribution in [2.75, 3.05) is 13.1 Å². The Morgan fingerprint density at radius 1 is 1.11 bits per heavy atom. The summed E-state index contributed by atoms with van der Waals surface area (Å²) in [4.78, 5) is 19.1. The number of hydrogen-bond acceptors (Lipinski definition) is 6. The van der Waals surface area contributed by atoms with Crippen LogP contribution in [-0.4, -0.2) is 39.2 Å². The Morgan fingerprint density at radius 3 is 2.54 bits per heavy atom. The number of carbonyl (C=O) groups excluding carboxylic acids is 1. The van der Waals surface area contributed by atoms with E-state index < -0.39 is 0 Å². The Hall–Kier alpha value is -2.96. The average Bonchev–Trinajstić information content (AvgIpc) is 3.34. The van der Waals surface area contributed by atoms with Gasteiger partial charge in [-0.1, -0.05) is 40.6 Å². The molecule has 0 bridgehead atoms. The summed E-state index contributed by atoms with van der Waals surface area (Å²) >= 11 is 0. The minimum absolute atomic E-state index is 0.175. The topological polar surface area (TPSA) is 85.3 Å². The molecular formula is C21H24N4O3. The molecule has 0 aliphatic carbocycles. The lowest BCUT2D eigenvalue weighted by atomic mass is 9.96. The Bertz CT molecular complexity index is 920. The molecule has 0 saturated carbocycles. The molecule has 2 aromatic heterocycles. The standard InChI is InChI=1S/C21H24N4O3/c1-14-18(15(2)27-23-14)8-9-19(26)25-12-10-17(11-13-25)21-22-20(24-28-21)16-6-4-3-5-7-16/h3-7,17H,8-13H2,1-2H3. The number of aryl methyl sites for hydroxylation is 2. The van der Waals surface area contributed by atoms with Crippen molar-refractivity contribution in [3.05, 3.63) is 53.2 Å². The predicted molar refractivity (Wildman–Crippen MR) is 103 cm³/mol. The Labute approximate surface area is 163 Å². The summed E-state index contributed by atoms with van der Waals surface area (Å²) in [5.41, 5.74) is 2.86. The van der Waals surface area contributed by atoms with E-state index in [9.17, 15) is 4.79 Å². The second-order valence-corrected chi connectivity index (χ2v) is 7.28. The van der Waals surface area contributed by atoms with Gasteiger partial charge >= 0.3 is 0 Å². The molecule has 146 valence electrons. The molecule has 7 nitrogen and oxygen atoms in total. The molecule has 1 amide bonds. The molecule has 3 heterocycles. The largest absolute Gasteiger partial charge is 0.361 e. The highest BCUT2D eigenvalue weighted by atomic mass is 16.5. The third kappa shape index (κ3) is 3.83. The Kier molecular flexibility index (Phi) is 5.23. The summed E-state index contributed by atoms with van der Waals surface area (Å²) in [6, 6.07) is 9.81. The molecular weight excluding hydrogens is 356 g/mol. The van der Waals surface area contributed by atoms with Crippen molar-refractivity contribution in [1.29, 1.82) is 0 Å². The minimum atomic E-state index is 0.175. The number of carbonyl (C=O) groups is 1. The number of likely N-dealkylation sites (tertiary alicyclic amines) is 1. The number of benzene rings is 1. The Morgan fingerprint density at radius 2 is 1.86 bits per heavy atom. The number of amides is 1. The van der Waals surface area contributed by atoms with Crippen molar-refractivity contribution in [1.82, 2.24) is 20.2 Å². The van der Waals surface area contributed by atoms with E-state index in [-0.39, 0.29) is 11.8 Å². The van der Waals surface area contributed by atoms with Crippen LogP contribution in [0.25, 0.3) is 11.4 Å². The second-order valence-electron chi connectivity index (χ2n) is 7.28. The lowest BCUT2D eigenvalue weighted by molar-refractivity contribution is -0.132. The van der Waals surface area contributed by atoms with Crippen LogP contribution in [0.5, 0.6) is 0 Å². The van der Waals surface area contributed by atoms with Crippen molar-refractivity contribution >= 4 is 5.91 Å². The summed E-state index contributed by atoms with van der Waals surface area (Å²) in [6.07, 6.45) is 2.83. The van der Waals surface area contributed by atoms with Gasteiger partial charge in [-0.3, -0.25) is 4.79 Å². The maximum absolute atomic E-state index is 12.6. The molecule has 0 atom stereocenters. The van der Waals surface area contributed by atoms with E-state index in [0.29, 0.717) is 37.6 Å². The van der Waals surface area contributed by atoms with E-state index in [4.69, 9.17) is 9.05 Å². The fourth-order valence-electron chi connectivity index (χ4n) is 3.73. The van der Waals surface area contributed by atoms with E-state index >= 15 is 0 Å². The highest BCUT2D eigenvalue weighted by molar-refractivity contribution is 5.76. The highest BCUT2D eigenvalue weighted by Crippen LogP contribution is 2.29. The molecule has 1 aliphatic rings. The molecule has 7 heteroatoms. The first-order valence-electron chi connectivity index (χ1n) is 9.70. The summed E-state index contributed by atoms with van der Waals surface area (Å²) in [5, 5.41) is 8.06. The first kappa shape index (κ1) is 18.4. The van der Waals surface area contributed by atoms with Gasteiger partial charge < -0.3 is 13.9 Å². The van der Waals surface area contributed by atoms with E-state index in [2.05, 4.69) is 15.3 Å². The first-order chi connectivity index (χ1) is 13.6. The molecule has 3 aromatic rings. The molecule has 4 rings (SSSR count). The Balaban J connectivity index is 1.31. The summed E-state index contributed by atoms with van der Waals surface area (Å²) < 4.78 is 10.7. The predicted octanol–water partition coefficient (Wildman–Crippen LogP) is 3.68. The molecule has 0 N–H and O–H groups in total. The molecule has 28 heavy (non-hydrogen) atoms. The van der Waals surface area contributed by atoms with Crippen LogP contribution in [0.3, 0.4) is 0 Å². The van der Waals surface area contributed by atoms with Crippen molar-refractivity contribution in [3.63, 3.8) is 0 Å². The molecule has 0 unspecified atom stereocenters. The number of piperidine rings is 1. The summed E-state index contributed by atoms with van der Waals surface area (Å²) in [6.45, 7) is 5.23.